The second kappa shape index (κ2) is 9.48. The van der Waals surface area contributed by atoms with Crippen LogP contribution in [0.3, 0.4) is 0 Å². The standard InChI is InChI=1S/C18H38N2O3/c1-13(2)10-15(12-19-16(21)23-17(4,5)6)20-14(3)11-18(7,8)22-9/h13-15,20H,10-12H2,1-9H3,(H,19,21). The van der Waals surface area contributed by atoms with Gasteiger partial charge in [0.25, 0.3) is 0 Å². The molecule has 0 saturated carbocycles. The van der Waals surface area contributed by atoms with E-state index in [4.69, 9.17) is 9.47 Å². The Bertz CT molecular complexity index is 349. The molecule has 0 saturated heterocycles. The summed E-state index contributed by atoms with van der Waals surface area (Å²) < 4.78 is 10.8. The number of rotatable bonds is 9. The number of methoxy groups -OCH3 is 1. The molecule has 1 amide bonds. The number of carbonyl (C=O) groups excluding carboxylic acids is 1. The molecule has 23 heavy (non-hydrogen) atoms. The van der Waals surface area contributed by atoms with Crippen molar-refractivity contribution < 1.29 is 14.3 Å². The average Bonchev–Trinajstić information content (AvgIpc) is 2.32. The molecule has 0 radical (unpaired) electrons. The summed E-state index contributed by atoms with van der Waals surface area (Å²) in [4.78, 5) is 11.8. The monoisotopic (exact) mass is 330 g/mol. The predicted molar refractivity (Wildman–Crippen MR) is 95.8 cm³/mol. The minimum Gasteiger partial charge on any atom is -0.444 e. The van der Waals surface area contributed by atoms with Crippen molar-refractivity contribution in [1.82, 2.24) is 10.6 Å². The third-order valence-electron chi connectivity index (χ3n) is 3.52. The summed E-state index contributed by atoms with van der Waals surface area (Å²) in [5.74, 6) is 0.551. The summed E-state index contributed by atoms with van der Waals surface area (Å²) in [7, 11) is 1.74. The van der Waals surface area contributed by atoms with E-state index in [-0.39, 0.29) is 17.7 Å². The number of carbonyl (C=O) groups is 1. The van der Waals surface area contributed by atoms with Crippen LogP contribution in [0.2, 0.25) is 0 Å². The van der Waals surface area contributed by atoms with E-state index in [2.05, 4.69) is 45.3 Å². The maximum absolute atomic E-state index is 11.8. The van der Waals surface area contributed by atoms with E-state index in [0.29, 0.717) is 18.5 Å². The third-order valence-corrected chi connectivity index (χ3v) is 3.52. The van der Waals surface area contributed by atoms with Crippen molar-refractivity contribution in [2.75, 3.05) is 13.7 Å². The van der Waals surface area contributed by atoms with E-state index >= 15 is 0 Å². The first-order valence-electron chi connectivity index (χ1n) is 8.62. The normalized spacial score (nSPS) is 15.4. The van der Waals surface area contributed by atoms with Crippen LogP contribution in [-0.2, 0) is 9.47 Å². The molecular weight excluding hydrogens is 292 g/mol. The molecule has 0 aromatic heterocycles. The molecule has 2 atom stereocenters. The molecule has 0 aromatic rings. The van der Waals surface area contributed by atoms with Crippen molar-refractivity contribution in [1.29, 1.82) is 0 Å². The summed E-state index contributed by atoms with van der Waals surface area (Å²) in [5, 5.41) is 6.48. The fourth-order valence-electron chi connectivity index (χ4n) is 2.58. The molecule has 0 aliphatic heterocycles. The van der Waals surface area contributed by atoms with Crippen LogP contribution in [0.25, 0.3) is 0 Å². The van der Waals surface area contributed by atoms with Crippen molar-refractivity contribution >= 4 is 6.09 Å². The second-order valence-corrected chi connectivity index (χ2v) is 8.44. The molecule has 2 unspecified atom stereocenters. The fraction of sp³-hybridized carbons (Fsp3) is 0.944. The van der Waals surface area contributed by atoms with Gasteiger partial charge >= 0.3 is 6.09 Å². The molecule has 0 spiro atoms. The number of hydrogen-bond acceptors (Lipinski definition) is 4. The topological polar surface area (TPSA) is 59.6 Å². The van der Waals surface area contributed by atoms with Crippen molar-refractivity contribution in [3.05, 3.63) is 0 Å². The SMILES string of the molecule is COC(C)(C)CC(C)NC(CNC(=O)OC(C)(C)C)CC(C)C. The molecule has 0 fully saturated rings. The summed E-state index contributed by atoms with van der Waals surface area (Å²) in [6.45, 7) is 16.9. The van der Waals surface area contributed by atoms with Crippen LogP contribution in [-0.4, -0.2) is 43.0 Å². The Hall–Kier alpha value is -0.810. The Morgan fingerprint density at radius 3 is 2.09 bits per heavy atom. The maximum Gasteiger partial charge on any atom is 0.407 e. The Morgan fingerprint density at radius 1 is 1.09 bits per heavy atom. The highest BCUT2D eigenvalue weighted by Gasteiger charge is 2.23. The van der Waals surface area contributed by atoms with E-state index < -0.39 is 5.60 Å². The molecule has 0 aliphatic rings. The molecule has 138 valence electrons. The highest BCUT2D eigenvalue weighted by atomic mass is 16.6. The van der Waals surface area contributed by atoms with Crippen LogP contribution in [0.4, 0.5) is 4.79 Å². The van der Waals surface area contributed by atoms with Crippen LogP contribution < -0.4 is 10.6 Å². The van der Waals surface area contributed by atoms with E-state index in [9.17, 15) is 4.79 Å². The highest BCUT2D eigenvalue weighted by Crippen LogP contribution is 2.16. The molecule has 0 bridgehead atoms. The van der Waals surface area contributed by atoms with Gasteiger partial charge in [-0.05, 0) is 60.3 Å². The number of amides is 1. The number of hydrogen-bond donors (Lipinski definition) is 2. The quantitative estimate of drug-likeness (QED) is 0.676. The van der Waals surface area contributed by atoms with Gasteiger partial charge in [-0.25, -0.2) is 4.79 Å². The van der Waals surface area contributed by atoms with Gasteiger partial charge in [0.05, 0.1) is 5.60 Å². The van der Waals surface area contributed by atoms with Crippen LogP contribution in [0.1, 0.15) is 68.2 Å². The number of ether oxygens (including phenoxy) is 2. The average molecular weight is 331 g/mol. The van der Waals surface area contributed by atoms with Crippen LogP contribution >= 0.6 is 0 Å². The van der Waals surface area contributed by atoms with Crippen molar-refractivity contribution in [2.45, 2.75) is 91.5 Å². The Labute approximate surface area is 142 Å². The first kappa shape index (κ1) is 22.2. The van der Waals surface area contributed by atoms with E-state index in [1.807, 2.05) is 20.8 Å². The number of nitrogens with one attached hydrogen (secondary N) is 2. The van der Waals surface area contributed by atoms with Crippen LogP contribution in [0, 0.1) is 5.92 Å². The predicted octanol–water partition coefficient (Wildman–Crippen LogP) is 3.72. The van der Waals surface area contributed by atoms with E-state index in [0.717, 1.165) is 12.8 Å². The van der Waals surface area contributed by atoms with E-state index in [1.54, 1.807) is 7.11 Å². The van der Waals surface area contributed by atoms with Crippen LogP contribution in [0.15, 0.2) is 0 Å². The lowest BCUT2D eigenvalue weighted by Gasteiger charge is -2.31. The zero-order valence-corrected chi connectivity index (χ0v) is 16.6. The van der Waals surface area contributed by atoms with Gasteiger partial charge in [0.1, 0.15) is 5.60 Å². The minimum absolute atomic E-state index is 0.159. The molecule has 0 rings (SSSR count). The first-order chi connectivity index (χ1) is 10.3. The lowest BCUT2D eigenvalue weighted by atomic mass is 9.97. The van der Waals surface area contributed by atoms with Gasteiger partial charge in [-0.15, -0.1) is 0 Å². The van der Waals surface area contributed by atoms with Crippen molar-refractivity contribution in [3.63, 3.8) is 0 Å². The smallest absolute Gasteiger partial charge is 0.407 e. The molecular formula is C18H38N2O3. The lowest BCUT2D eigenvalue weighted by Crippen LogP contribution is -2.48. The minimum atomic E-state index is -0.471. The Balaban J connectivity index is 4.49. The van der Waals surface area contributed by atoms with Crippen molar-refractivity contribution in [3.8, 4) is 0 Å². The second-order valence-electron chi connectivity index (χ2n) is 8.44. The van der Waals surface area contributed by atoms with Gasteiger partial charge in [0, 0.05) is 25.7 Å². The largest absolute Gasteiger partial charge is 0.444 e. The highest BCUT2D eigenvalue weighted by molar-refractivity contribution is 5.67. The Kier molecular flexibility index (Phi) is 9.14. The zero-order chi connectivity index (χ0) is 18.3. The molecule has 0 aromatic carbocycles. The third kappa shape index (κ3) is 12.3. The van der Waals surface area contributed by atoms with Gasteiger partial charge in [-0.2, -0.15) is 0 Å². The molecule has 2 N–H and O–H groups in total. The molecule has 0 heterocycles. The summed E-state index contributed by atoms with van der Waals surface area (Å²) in [6.07, 6.45) is 1.54. The maximum atomic E-state index is 11.8. The number of alkyl carbamates (subject to hydrolysis) is 1. The molecule has 5 heteroatoms. The summed E-state index contributed by atoms with van der Waals surface area (Å²) in [6, 6.07) is 0.513. The van der Waals surface area contributed by atoms with Gasteiger partial charge in [0.15, 0.2) is 0 Å². The first-order valence-corrected chi connectivity index (χ1v) is 8.62. The van der Waals surface area contributed by atoms with Crippen molar-refractivity contribution in [2.24, 2.45) is 5.92 Å². The molecule has 0 aliphatic carbocycles. The lowest BCUT2D eigenvalue weighted by molar-refractivity contribution is 0.00732. The van der Waals surface area contributed by atoms with Gasteiger partial charge in [0.2, 0.25) is 0 Å². The fourth-order valence-corrected chi connectivity index (χ4v) is 2.58. The van der Waals surface area contributed by atoms with Gasteiger partial charge in [-0.3, -0.25) is 0 Å². The van der Waals surface area contributed by atoms with Gasteiger partial charge < -0.3 is 20.1 Å². The summed E-state index contributed by atoms with van der Waals surface area (Å²) >= 11 is 0. The van der Waals surface area contributed by atoms with Crippen LogP contribution in [0.5, 0.6) is 0 Å². The zero-order valence-electron chi connectivity index (χ0n) is 16.6. The summed E-state index contributed by atoms with van der Waals surface area (Å²) in [5.41, 5.74) is -0.631. The van der Waals surface area contributed by atoms with E-state index in [1.165, 1.54) is 0 Å². The van der Waals surface area contributed by atoms with Gasteiger partial charge in [-0.1, -0.05) is 13.8 Å². The molecule has 5 nitrogen and oxygen atoms in total. The Morgan fingerprint density at radius 2 is 1.65 bits per heavy atom.